The highest BCUT2D eigenvalue weighted by molar-refractivity contribution is 7.12. The van der Waals surface area contributed by atoms with E-state index in [0.29, 0.717) is 23.0 Å². The normalized spacial score (nSPS) is 14.9. The molecule has 1 aromatic rings. The quantitative estimate of drug-likeness (QED) is 0.751. The fraction of sp³-hybridized carbons (Fsp3) is 0.429. The number of carboxylic acids is 1. The van der Waals surface area contributed by atoms with Gasteiger partial charge in [-0.3, -0.25) is 4.79 Å². The molecule has 20 heavy (non-hydrogen) atoms. The molecule has 0 bridgehead atoms. The third kappa shape index (κ3) is 4.18. The number of hydrogen-bond acceptors (Lipinski definition) is 4. The van der Waals surface area contributed by atoms with Gasteiger partial charge >= 0.3 is 5.97 Å². The molecule has 108 valence electrons. The van der Waals surface area contributed by atoms with E-state index < -0.39 is 5.97 Å². The second kappa shape index (κ2) is 6.67. The predicted octanol–water partition coefficient (Wildman–Crippen LogP) is 1.67. The summed E-state index contributed by atoms with van der Waals surface area (Å²) >= 11 is 1.32. The van der Waals surface area contributed by atoms with Gasteiger partial charge in [0.05, 0.1) is 4.88 Å². The number of nitrogens with one attached hydrogen (secondary N) is 1. The lowest BCUT2D eigenvalue weighted by atomic mass is 10.2. The van der Waals surface area contributed by atoms with Gasteiger partial charge in [0.1, 0.15) is 0 Å². The van der Waals surface area contributed by atoms with Crippen LogP contribution in [-0.4, -0.2) is 48.1 Å². The number of aliphatic carboxylic acids is 1. The molecule has 1 amide bonds. The number of carboxylic acid groups (broad SMARTS) is 1. The highest BCUT2D eigenvalue weighted by Crippen LogP contribution is 2.24. The minimum absolute atomic E-state index is 0.144. The molecule has 1 aliphatic rings. The molecule has 1 saturated carbocycles. The standard InChI is InChI=1S/C14H18N2O3S/c1-16(11-3-4-11)8-7-15-14(19)13-10(6-9-20-13)2-5-12(17)18/h2,5-6,9,11H,3-4,7-8H2,1H3,(H,15,19)(H,17,18). The summed E-state index contributed by atoms with van der Waals surface area (Å²) < 4.78 is 0. The molecule has 2 N–H and O–H groups in total. The van der Waals surface area contributed by atoms with E-state index in [4.69, 9.17) is 5.11 Å². The van der Waals surface area contributed by atoms with E-state index in [1.165, 1.54) is 30.3 Å². The van der Waals surface area contributed by atoms with Gasteiger partial charge in [-0.1, -0.05) is 0 Å². The number of amides is 1. The fourth-order valence-electron chi connectivity index (χ4n) is 1.92. The monoisotopic (exact) mass is 294 g/mol. The van der Waals surface area contributed by atoms with Crippen LogP contribution in [-0.2, 0) is 4.79 Å². The lowest BCUT2D eigenvalue weighted by Crippen LogP contribution is -2.33. The van der Waals surface area contributed by atoms with Crippen LogP contribution in [0.15, 0.2) is 17.5 Å². The molecule has 0 spiro atoms. The van der Waals surface area contributed by atoms with Crippen LogP contribution in [0.1, 0.15) is 28.1 Å². The third-order valence-corrected chi connectivity index (χ3v) is 4.16. The maximum atomic E-state index is 12.0. The Hall–Kier alpha value is -1.66. The lowest BCUT2D eigenvalue weighted by molar-refractivity contribution is -0.131. The molecular formula is C14H18N2O3S. The number of rotatable bonds is 7. The van der Waals surface area contributed by atoms with Crippen LogP contribution >= 0.6 is 11.3 Å². The predicted molar refractivity (Wildman–Crippen MR) is 79.0 cm³/mol. The SMILES string of the molecule is CN(CCNC(=O)c1sccc1C=CC(=O)O)C1CC1. The fourth-order valence-corrected chi connectivity index (χ4v) is 2.72. The van der Waals surface area contributed by atoms with Gasteiger partial charge in [-0.25, -0.2) is 4.79 Å². The molecule has 0 unspecified atom stereocenters. The van der Waals surface area contributed by atoms with E-state index in [1.807, 2.05) is 0 Å². The van der Waals surface area contributed by atoms with Gasteiger partial charge in [-0.2, -0.15) is 0 Å². The molecule has 1 heterocycles. The molecule has 6 heteroatoms. The largest absolute Gasteiger partial charge is 0.478 e. The Labute approximate surface area is 121 Å². The van der Waals surface area contributed by atoms with Gasteiger partial charge in [-0.15, -0.1) is 11.3 Å². The van der Waals surface area contributed by atoms with Gasteiger partial charge in [0, 0.05) is 25.2 Å². The highest BCUT2D eigenvalue weighted by atomic mass is 32.1. The number of carbonyl (C=O) groups is 2. The average molecular weight is 294 g/mol. The summed E-state index contributed by atoms with van der Waals surface area (Å²) in [7, 11) is 2.07. The van der Waals surface area contributed by atoms with Crippen LogP contribution < -0.4 is 5.32 Å². The van der Waals surface area contributed by atoms with Crippen LogP contribution in [0, 0.1) is 0 Å². The van der Waals surface area contributed by atoms with Crippen LogP contribution in [0.2, 0.25) is 0 Å². The zero-order valence-corrected chi connectivity index (χ0v) is 12.2. The Morgan fingerprint density at radius 2 is 2.30 bits per heavy atom. The number of nitrogens with zero attached hydrogens (tertiary/aromatic N) is 1. The van der Waals surface area contributed by atoms with E-state index in [-0.39, 0.29) is 5.91 Å². The van der Waals surface area contributed by atoms with Gasteiger partial charge in [0.25, 0.3) is 5.91 Å². The number of hydrogen-bond donors (Lipinski definition) is 2. The van der Waals surface area contributed by atoms with E-state index in [2.05, 4.69) is 17.3 Å². The van der Waals surface area contributed by atoms with E-state index in [1.54, 1.807) is 11.4 Å². The molecule has 0 radical (unpaired) electrons. The van der Waals surface area contributed by atoms with Crippen LogP contribution in [0.4, 0.5) is 0 Å². The first-order valence-electron chi connectivity index (χ1n) is 6.55. The molecule has 0 saturated heterocycles. The Kier molecular flexibility index (Phi) is 4.92. The van der Waals surface area contributed by atoms with Crippen molar-refractivity contribution in [2.24, 2.45) is 0 Å². The minimum atomic E-state index is -1.02. The summed E-state index contributed by atoms with van der Waals surface area (Å²) in [6.45, 7) is 1.44. The van der Waals surface area contributed by atoms with Crippen molar-refractivity contribution >= 4 is 29.3 Å². The second-order valence-corrected chi connectivity index (χ2v) is 5.76. The van der Waals surface area contributed by atoms with Crippen molar-refractivity contribution in [3.8, 4) is 0 Å². The van der Waals surface area contributed by atoms with Crippen molar-refractivity contribution < 1.29 is 14.7 Å². The summed E-state index contributed by atoms with van der Waals surface area (Å²) in [6.07, 6.45) is 4.99. The lowest BCUT2D eigenvalue weighted by Gasteiger charge is -2.15. The first-order valence-corrected chi connectivity index (χ1v) is 7.43. The molecule has 1 aromatic heterocycles. The van der Waals surface area contributed by atoms with Gasteiger partial charge in [-0.05, 0) is 43.0 Å². The van der Waals surface area contributed by atoms with Gasteiger partial charge in [0.2, 0.25) is 0 Å². The molecule has 0 aromatic carbocycles. The summed E-state index contributed by atoms with van der Waals surface area (Å²) in [6, 6.07) is 2.43. The van der Waals surface area contributed by atoms with Crippen LogP contribution in [0.5, 0.6) is 0 Å². The smallest absolute Gasteiger partial charge is 0.328 e. The van der Waals surface area contributed by atoms with E-state index in [9.17, 15) is 9.59 Å². The van der Waals surface area contributed by atoms with Crippen molar-refractivity contribution in [3.63, 3.8) is 0 Å². The molecule has 1 fully saturated rings. The summed E-state index contributed by atoms with van der Waals surface area (Å²) in [5, 5.41) is 13.3. The molecule has 1 aliphatic carbocycles. The molecular weight excluding hydrogens is 276 g/mol. The van der Waals surface area contributed by atoms with Crippen molar-refractivity contribution in [1.82, 2.24) is 10.2 Å². The molecule has 2 rings (SSSR count). The van der Waals surface area contributed by atoms with E-state index >= 15 is 0 Å². The summed E-state index contributed by atoms with van der Waals surface area (Å²) in [5.41, 5.74) is 0.644. The number of thiophene rings is 1. The Bertz CT molecular complexity index is 520. The first-order chi connectivity index (χ1) is 9.58. The van der Waals surface area contributed by atoms with Crippen molar-refractivity contribution in [2.45, 2.75) is 18.9 Å². The first kappa shape index (κ1) is 14.7. The Morgan fingerprint density at radius 3 is 2.95 bits per heavy atom. The topological polar surface area (TPSA) is 69.6 Å². The van der Waals surface area contributed by atoms with Crippen molar-refractivity contribution in [1.29, 1.82) is 0 Å². The Balaban J connectivity index is 1.85. The summed E-state index contributed by atoms with van der Waals surface area (Å²) in [5.74, 6) is -1.16. The van der Waals surface area contributed by atoms with Crippen LogP contribution in [0.25, 0.3) is 6.08 Å². The average Bonchev–Trinajstić information content (AvgIpc) is 3.14. The second-order valence-electron chi connectivity index (χ2n) is 4.84. The maximum absolute atomic E-state index is 12.0. The zero-order valence-electron chi connectivity index (χ0n) is 11.3. The van der Waals surface area contributed by atoms with Gasteiger partial charge < -0.3 is 15.3 Å². The maximum Gasteiger partial charge on any atom is 0.328 e. The molecule has 0 atom stereocenters. The Morgan fingerprint density at radius 1 is 1.55 bits per heavy atom. The van der Waals surface area contributed by atoms with Crippen LogP contribution in [0.3, 0.4) is 0 Å². The summed E-state index contributed by atoms with van der Waals surface area (Å²) in [4.78, 5) is 25.3. The third-order valence-electron chi connectivity index (χ3n) is 3.23. The number of carbonyl (C=O) groups excluding carboxylic acids is 1. The molecule has 0 aliphatic heterocycles. The zero-order chi connectivity index (χ0) is 14.5. The van der Waals surface area contributed by atoms with E-state index in [0.717, 1.165) is 12.6 Å². The minimum Gasteiger partial charge on any atom is -0.478 e. The molecule has 5 nitrogen and oxygen atoms in total. The van der Waals surface area contributed by atoms with Gasteiger partial charge in [0.15, 0.2) is 0 Å². The highest BCUT2D eigenvalue weighted by Gasteiger charge is 2.25. The number of likely N-dealkylation sites (N-methyl/N-ethyl adjacent to an activating group) is 1. The van der Waals surface area contributed by atoms with Crippen molar-refractivity contribution in [3.05, 3.63) is 28.0 Å². The van der Waals surface area contributed by atoms with Crippen molar-refractivity contribution in [2.75, 3.05) is 20.1 Å².